The third-order valence-electron chi connectivity index (χ3n) is 5.34. The molecule has 1 aromatic carbocycles. The molecule has 1 aromatic rings. The van der Waals surface area contributed by atoms with Gasteiger partial charge in [-0.05, 0) is 30.7 Å². The number of amides is 3. The van der Waals surface area contributed by atoms with Crippen LogP contribution < -0.4 is 5.32 Å². The third-order valence-corrected chi connectivity index (χ3v) is 5.34. The Morgan fingerprint density at radius 2 is 1.64 bits per heavy atom. The molecule has 1 aliphatic rings. The first-order chi connectivity index (χ1) is 15.2. The molecule has 2 rings (SSSR count). The topological polar surface area (TPSA) is 82.1 Å². The van der Waals surface area contributed by atoms with Gasteiger partial charge in [-0.1, -0.05) is 0 Å². The highest BCUT2D eigenvalue weighted by Crippen LogP contribution is 2.38. The number of alkyl carbamates (subject to hydrolysis) is 1. The van der Waals surface area contributed by atoms with Crippen LogP contribution in [0.15, 0.2) is 18.2 Å². The predicted octanol–water partition coefficient (Wildman–Crippen LogP) is 4.02. The van der Waals surface area contributed by atoms with Gasteiger partial charge in [-0.15, -0.1) is 0 Å². The zero-order chi connectivity index (χ0) is 25.0. The Balaban J connectivity index is 2.08. The number of carbonyl (C=O) groups is 2. The summed E-state index contributed by atoms with van der Waals surface area (Å²) in [4.78, 5) is 26.8. The fraction of sp³-hybridized carbons (Fsp3) is 0.600. The Kier molecular flexibility index (Phi) is 8.44. The van der Waals surface area contributed by atoms with Crippen LogP contribution in [-0.4, -0.2) is 66.4 Å². The summed E-state index contributed by atoms with van der Waals surface area (Å²) < 4.78 is 84.0. The van der Waals surface area contributed by atoms with E-state index in [4.69, 9.17) is 9.84 Å². The molecule has 0 spiro atoms. The fourth-order valence-corrected chi connectivity index (χ4v) is 3.35. The standard InChI is InChI=1S/C20H25F6N3O4/c1-12(13-9-14(19(21,22)23)11-15(10-13)20(24,25)26)28(2)18(32)29-6-3-16(4-7-29)33-17(31)27-5-8-30/h9-12,16,30H,3-8H2,1-2H3,(H,27,31)/t12-/m1/s1. The average molecular weight is 485 g/mol. The molecule has 7 nitrogen and oxygen atoms in total. The molecular formula is C20H25F6N3O4. The number of piperidine rings is 1. The van der Waals surface area contributed by atoms with Crippen LogP contribution in [-0.2, 0) is 17.1 Å². The Morgan fingerprint density at radius 3 is 2.09 bits per heavy atom. The third kappa shape index (κ3) is 7.14. The molecule has 13 heteroatoms. The molecule has 1 heterocycles. The highest BCUT2D eigenvalue weighted by Gasteiger charge is 2.38. The van der Waals surface area contributed by atoms with Crippen molar-refractivity contribution in [1.82, 2.24) is 15.1 Å². The Morgan fingerprint density at radius 1 is 1.12 bits per heavy atom. The maximum Gasteiger partial charge on any atom is 0.416 e. The largest absolute Gasteiger partial charge is 0.446 e. The van der Waals surface area contributed by atoms with E-state index in [0.29, 0.717) is 25.0 Å². The lowest BCUT2D eigenvalue weighted by molar-refractivity contribution is -0.143. The molecule has 1 saturated heterocycles. The molecule has 3 amide bonds. The maximum absolute atomic E-state index is 13.1. The van der Waals surface area contributed by atoms with Crippen LogP contribution in [0, 0.1) is 0 Å². The molecule has 0 aromatic heterocycles. The summed E-state index contributed by atoms with van der Waals surface area (Å²) in [6.07, 6.45) is -10.5. The molecule has 0 bridgehead atoms. The highest BCUT2D eigenvalue weighted by atomic mass is 19.4. The monoisotopic (exact) mass is 485 g/mol. The van der Waals surface area contributed by atoms with Crippen molar-refractivity contribution in [2.45, 2.75) is 44.3 Å². The van der Waals surface area contributed by atoms with E-state index in [1.54, 1.807) is 0 Å². The first-order valence-electron chi connectivity index (χ1n) is 10.1. The number of alkyl halides is 6. The number of urea groups is 1. The lowest BCUT2D eigenvalue weighted by atomic mass is 9.99. The number of ether oxygens (including phenoxy) is 1. The highest BCUT2D eigenvalue weighted by molar-refractivity contribution is 5.75. The first kappa shape index (κ1) is 26.6. The second-order valence-corrected chi connectivity index (χ2v) is 7.65. The molecule has 0 radical (unpaired) electrons. The van der Waals surface area contributed by atoms with Crippen LogP contribution in [0.3, 0.4) is 0 Å². The number of likely N-dealkylation sites (tertiary alicyclic amines) is 1. The number of aliphatic hydroxyl groups is 1. The number of hydrogen-bond acceptors (Lipinski definition) is 4. The minimum atomic E-state index is -4.98. The van der Waals surface area contributed by atoms with Crippen molar-refractivity contribution in [3.8, 4) is 0 Å². The van der Waals surface area contributed by atoms with Gasteiger partial charge in [0.15, 0.2) is 0 Å². The van der Waals surface area contributed by atoms with Gasteiger partial charge in [0, 0.05) is 39.5 Å². The smallest absolute Gasteiger partial charge is 0.416 e. The van der Waals surface area contributed by atoms with E-state index < -0.39 is 47.7 Å². The first-order valence-corrected chi connectivity index (χ1v) is 10.1. The zero-order valence-electron chi connectivity index (χ0n) is 18.0. The number of nitrogens with one attached hydrogen (secondary N) is 1. The van der Waals surface area contributed by atoms with Crippen molar-refractivity contribution in [3.05, 3.63) is 34.9 Å². The fourth-order valence-electron chi connectivity index (χ4n) is 3.35. The van der Waals surface area contributed by atoms with Gasteiger partial charge in [0.1, 0.15) is 6.10 Å². The normalized spacial score (nSPS) is 16.3. The van der Waals surface area contributed by atoms with Crippen molar-refractivity contribution in [2.75, 3.05) is 33.3 Å². The van der Waals surface area contributed by atoms with Gasteiger partial charge >= 0.3 is 24.5 Å². The van der Waals surface area contributed by atoms with Crippen LogP contribution in [0.5, 0.6) is 0 Å². The maximum atomic E-state index is 13.1. The second kappa shape index (κ2) is 10.5. The average Bonchev–Trinajstić information content (AvgIpc) is 2.75. The summed E-state index contributed by atoms with van der Waals surface area (Å²) in [5.41, 5.74) is -3.19. The number of benzene rings is 1. The van der Waals surface area contributed by atoms with Gasteiger partial charge in [-0.2, -0.15) is 26.3 Å². The van der Waals surface area contributed by atoms with Gasteiger partial charge in [-0.3, -0.25) is 0 Å². The number of halogens is 6. The Labute approximate surface area is 186 Å². The Bertz CT molecular complexity index is 806. The zero-order valence-corrected chi connectivity index (χ0v) is 18.0. The lowest BCUT2D eigenvalue weighted by Crippen LogP contribution is -2.47. The summed E-state index contributed by atoms with van der Waals surface area (Å²) in [6.45, 7) is 1.50. The van der Waals surface area contributed by atoms with Crippen LogP contribution in [0.1, 0.15) is 42.5 Å². The van der Waals surface area contributed by atoms with Gasteiger partial charge < -0.3 is 25.0 Å². The van der Waals surface area contributed by atoms with E-state index in [9.17, 15) is 35.9 Å². The summed E-state index contributed by atoms with van der Waals surface area (Å²) in [5.74, 6) is 0. The second-order valence-electron chi connectivity index (χ2n) is 7.65. The van der Waals surface area contributed by atoms with E-state index in [0.717, 1.165) is 4.90 Å². The lowest BCUT2D eigenvalue weighted by Gasteiger charge is -2.36. The molecule has 0 saturated carbocycles. The van der Waals surface area contributed by atoms with Gasteiger partial charge in [0.05, 0.1) is 23.8 Å². The van der Waals surface area contributed by atoms with E-state index in [2.05, 4.69) is 5.32 Å². The molecule has 1 aliphatic heterocycles. The molecule has 0 unspecified atom stereocenters. The van der Waals surface area contributed by atoms with Crippen LogP contribution in [0.25, 0.3) is 0 Å². The van der Waals surface area contributed by atoms with Crippen LogP contribution >= 0.6 is 0 Å². The number of rotatable bonds is 5. The minimum Gasteiger partial charge on any atom is -0.446 e. The minimum absolute atomic E-state index is 0.0322. The van der Waals surface area contributed by atoms with E-state index in [1.807, 2.05) is 0 Å². The van der Waals surface area contributed by atoms with Crippen LogP contribution in [0.2, 0.25) is 0 Å². The molecule has 2 N–H and O–H groups in total. The molecule has 0 aliphatic carbocycles. The van der Waals surface area contributed by atoms with E-state index in [1.165, 1.54) is 18.9 Å². The number of hydrogen-bond donors (Lipinski definition) is 2. The number of carbonyl (C=O) groups excluding carboxylic acids is 2. The van der Waals surface area contributed by atoms with Gasteiger partial charge in [0.2, 0.25) is 0 Å². The summed E-state index contributed by atoms with van der Waals surface area (Å²) in [5, 5.41) is 11.0. The van der Waals surface area contributed by atoms with Crippen molar-refractivity contribution in [3.63, 3.8) is 0 Å². The van der Waals surface area contributed by atoms with Crippen molar-refractivity contribution >= 4 is 12.1 Å². The van der Waals surface area contributed by atoms with Crippen molar-refractivity contribution in [1.29, 1.82) is 0 Å². The van der Waals surface area contributed by atoms with E-state index >= 15 is 0 Å². The SMILES string of the molecule is C[C@H](c1cc(C(F)(F)F)cc(C(F)(F)F)c1)N(C)C(=O)N1CCC(OC(=O)NCCO)CC1. The quantitative estimate of drug-likeness (QED) is 0.618. The van der Waals surface area contributed by atoms with Crippen molar-refractivity contribution in [2.24, 2.45) is 0 Å². The van der Waals surface area contributed by atoms with E-state index in [-0.39, 0.29) is 37.9 Å². The molecule has 1 fully saturated rings. The summed E-state index contributed by atoms with van der Waals surface area (Å²) >= 11 is 0. The van der Waals surface area contributed by atoms with Crippen molar-refractivity contribution < 1.29 is 45.8 Å². The van der Waals surface area contributed by atoms with Crippen LogP contribution in [0.4, 0.5) is 35.9 Å². The van der Waals surface area contributed by atoms with Gasteiger partial charge in [0.25, 0.3) is 0 Å². The summed E-state index contributed by atoms with van der Waals surface area (Å²) in [7, 11) is 1.30. The number of aliphatic hydroxyl groups excluding tert-OH is 1. The molecule has 33 heavy (non-hydrogen) atoms. The molecule has 1 atom stereocenters. The van der Waals surface area contributed by atoms with Gasteiger partial charge in [-0.25, -0.2) is 9.59 Å². The summed E-state index contributed by atoms with van der Waals surface area (Å²) in [6, 6.07) is -0.390. The number of nitrogens with zero attached hydrogens (tertiary/aromatic N) is 2. The predicted molar refractivity (Wildman–Crippen MR) is 104 cm³/mol. The molecule has 186 valence electrons. The Hall–Kier alpha value is -2.70. The molecular weight excluding hydrogens is 460 g/mol.